The van der Waals surface area contributed by atoms with Gasteiger partial charge in [-0.2, -0.15) is 0 Å². The Bertz CT molecular complexity index is 206. The van der Waals surface area contributed by atoms with E-state index in [-0.39, 0.29) is 0 Å². The summed E-state index contributed by atoms with van der Waals surface area (Å²) in [6.07, 6.45) is 2.58. The number of nitrogens with zero attached hydrogens (tertiary/aromatic N) is 2. The minimum atomic E-state index is 0.680. The fraction of sp³-hybridized carbons (Fsp3) is 1.00. The molecule has 2 unspecified atom stereocenters. The number of hydrogen-bond donors (Lipinski definition) is 1. The average Bonchev–Trinajstić information content (AvgIpc) is 2.23. The first kappa shape index (κ1) is 14.9. The van der Waals surface area contributed by atoms with E-state index in [1.807, 2.05) is 0 Å². The van der Waals surface area contributed by atoms with Gasteiger partial charge in [-0.1, -0.05) is 20.8 Å². The molecule has 3 heteroatoms. The molecule has 1 fully saturated rings. The molecule has 1 aliphatic heterocycles. The third kappa shape index (κ3) is 5.36. The molecule has 102 valence electrons. The third-order valence-corrected chi connectivity index (χ3v) is 3.79. The highest BCUT2D eigenvalue weighted by Crippen LogP contribution is 2.16. The normalized spacial score (nSPS) is 25.4. The average molecular weight is 241 g/mol. The van der Waals surface area contributed by atoms with Crippen molar-refractivity contribution in [2.45, 2.75) is 45.7 Å². The lowest BCUT2D eigenvalue weighted by Gasteiger charge is -2.39. The highest BCUT2D eigenvalue weighted by molar-refractivity contribution is 4.83. The van der Waals surface area contributed by atoms with Gasteiger partial charge in [-0.3, -0.25) is 0 Å². The van der Waals surface area contributed by atoms with Crippen molar-refractivity contribution in [3.63, 3.8) is 0 Å². The van der Waals surface area contributed by atoms with Crippen LogP contribution in [0.4, 0.5) is 0 Å². The maximum absolute atomic E-state index is 3.65. The molecule has 1 aliphatic rings. The van der Waals surface area contributed by atoms with Gasteiger partial charge in [0.15, 0.2) is 0 Å². The molecule has 0 aromatic carbocycles. The Labute approximate surface area is 108 Å². The first-order valence-electron chi connectivity index (χ1n) is 7.15. The van der Waals surface area contributed by atoms with Gasteiger partial charge in [-0.15, -0.1) is 0 Å². The molecule has 17 heavy (non-hydrogen) atoms. The molecule has 1 heterocycles. The second-order valence-corrected chi connectivity index (χ2v) is 6.02. The van der Waals surface area contributed by atoms with Crippen molar-refractivity contribution in [2.75, 3.05) is 40.3 Å². The lowest BCUT2D eigenvalue weighted by molar-refractivity contribution is 0.0990. The van der Waals surface area contributed by atoms with Gasteiger partial charge in [0.2, 0.25) is 0 Å². The monoisotopic (exact) mass is 241 g/mol. The highest BCUT2D eigenvalue weighted by atomic mass is 15.3. The Kier molecular flexibility index (Phi) is 6.45. The van der Waals surface area contributed by atoms with E-state index in [1.165, 1.54) is 32.5 Å². The molecule has 3 nitrogen and oxygen atoms in total. The van der Waals surface area contributed by atoms with Crippen molar-refractivity contribution >= 4 is 0 Å². The summed E-state index contributed by atoms with van der Waals surface area (Å²) in [5.41, 5.74) is 0. The Morgan fingerprint density at radius 2 is 1.94 bits per heavy atom. The van der Waals surface area contributed by atoms with Crippen LogP contribution in [0.15, 0.2) is 0 Å². The molecule has 1 rings (SSSR count). The second-order valence-electron chi connectivity index (χ2n) is 6.02. The van der Waals surface area contributed by atoms with E-state index < -0.39 is 0 Å². The Balaban J connectivity index is 2.46. The quantitative estimate of drug-likeness (QED) is 0.763. The molecule has 2 atom stereocenters. The predicted molar refractivity (Wildman–Crippen MR) is 75.5 cm³/mol. The van der Waals surface area contributed by atoms with Gasteiger partial charge in [0, 0.05) is 31.7 Å². The van der Waals surface area contributed by atoms with Gasteiger partial charge in [-0.25, -0.2) is 0 Å². The largest absolute Gasteiger partial charge is 0.314 e. The summed E-state index contributed by atoms with van der Waals surface area (Å²) >= 11 is 0. The van der Waals surface area contributed by atoms with Crippen LogP contribution in [0, 0.1) is 5.92 Å². The molecule has 0 amide bonds. The van der Waals surface area contributed by atoms with Crippen LogP contribution in [0.2, 0.25) is 0 Å². The van der Waals surface area contributed by atoms with E-state index in [1.54, 1.807) is 0 Å². The van der Waals surface area contributed by atoms with Gasteiger partial charge in [0.25, 0.3) is 0 Å². The topological polar surface area (TPSA) is 18.5 Å². The van der Waals surface area contributed by atoms with Crippen LogP contribution >= 0.6 is 0 Å². The minimum Gasteiger partial charge on any atom is -0.314 e. The van der Waals surface area contributed by atoms with E-state index in [4.69, 9.17) is 0 Å². The van der Waals surface area contributed by atoms with Crippen LogP contribution in [-0.2, 0) is 0 Å². The molecule has 1 saturated heterocycles. The molecule has 0 aromatic rings. The molecule has 0 spiro atoms. The van der Waals surface area contributed by atoms with Gasteiger partial charge in [0.1, 0.15) is 0 Å². The number of rotatable bonds is 6. The summed E-state index contributed by atoms with van der Waals surface area (Å²) in [6, 6.07) is 1.40. The van der Waals surface area contributed by atoms with Gasteiger partial charge in [-0.05, 0) is 39.4 Å². The summed E-state index contributed by atoms with van der Waals surface area (Å²) in [5.74, 6) is 0.783. The Hall–Kier alpha value is -0.120. The fourth-order valence-corrected chi connectivity index (χ4v) is 2.80. The van der Waals surface area contributed by atoms with Crippen LogP contribution < -0.4 is 5.32 Å². The maximum Gasteiger partial charge on any atom is 0.0235 e. The SMILES string of the molecule is CCNC(CC(C)C)CC1CN(C)CCN1C. The lowest BCUT2D eigenvalue weighted by Crippen LogP contribution is -2.52. The summed E-state index contributed by atoms with van der Waals surface area (Å²) in [5, 5.41) is 3.65. The zero-order chi connectivity index (χ0) is 12.8. The standard InChI is InChI=1S/C14H31N3/c1-6-15-13(9-12(2)3)10-14-11-16(4)7-8-17(14)5/h12-15H,6-11H2,1-5H3. The van der Waals surface area contributed by atoms with E-state index in [0.29, 0.717) is 6.04 Å². The second kappa shape index (κ2) is 7.34. The molecule has 0 radical (unpaired) electrons. The summed E-state index contributed by atoms with van der Waals surface area (Å²) in [6.45, 7) is 11.6. The van der Waals surface area contributed by atoms with Crippen molar-refractivity contribution in [1.29, 1.82) is 0 Å². The molecular formula is C14H31N3. The summed E-state index contributed by atoms with van der Waals surface area (Å²) < 4.78 is 0. The molecule has 0 aliphatic carbocycles. The van der Waals surface area contributed by atoms with Crippen molar-refractivity contribution in [3.05, 3.63) is 0 Å². The van der Waals surface area contributed by atoms with E-state index in [0.717, 1.165) is 18.5 Å². The number of piperazine rings is 1. The molecule has 1 N–H and O–H groups in total. The lowest BCUT2D eigenvalue weighted by atomic mass is 9.96. The predicted octanol–water partition coefficient (Wildman–Crippen LogP) is 1.65. The summed E-state index contributed by atoms with van der Waals surface area (Å²) in [4.78, 5) is 4.99. The fourth-order valence-electron chi connectivity index (χ4n) is 2.80. The third-order valence-electron chi connectivity index (χ3n) is 3.79. The molecule has 0 aromatic heterocycles. The zero-order valence-corrected chi connectivity index (χ0v) is 12.4. The first-order chi connectivity index (χ1) is 8.02. The van der Waals surface area contributed by atoms with E-state index >= 15 is 0 Å². The van der Waals surface area contributed by atoms with E-state index in [9.17, 15) is 0 Å². The van der Waals surface area contributed by atoms with Crippen LogP contribution in [-0.4, -0.2) is 62.2 Å². The Morgan fingerprint density at radius 3 is 2.53 bits per heavy atom. The highest BCUT2D eigenvalue weighted by Gasteiger charge is 2.25. The first-order valence-corrected chi connectivity index (χ1v) is 7.15. The smallest absolute Gasteiger partial charge is 0.0235 e. The maximum atomic E-state index is 3.65. The van der Waals surface area contributed by atoms with Crippen molar-refractivity contribution in [1.82, 2.24) is 15.1 Å². The van der Waals surface area contributed by atoms with Gasteiger partial charge in [0.05, 0.1) is 0 Å². The number of hydrogen-bond acceptors (Lipinski definition) is 3. The van der Waals surface area contributed by atoms with Crippen molar-refractivity contribution in [3.8, 4) is 0 Å². The number of likely N-dealkylation sites (N-methyl/N-ethyl adjacent to an activating group) is 2. The van der Waals surface area contributed by atoms with Gasteiger partial charge >= 0.3 is 0 Å². The summed E-state index contributed by atoms with van der Waals surface area (Å²) in [7, 11) is 4.51. The van der Waals surface area contributed by atoms with Crippen LogP contribution in [0.25, 0.3) is 0 Å². The molecule has 0 bridgehead atoms. The van der Waals surface area contributed by atoms with Crippen LogP contribution in [0.1, 0.15) is 33.6 Å². The molecular weight excluding hydrogens is 210 g/mol. The number of nitrogens with one attached hydrogen (secondary N) is 1. The zero-order valence-electron chi connectivity index (χ0n) is 12.4. The van der Waals surface area contributed by atoms with Gasteiger partial charge < -0.3 is 15.1 Å². The Morgan fingerprint density at radius 1 is 1.24 bits per heavy atom. The van der Waals surface area contributed by atoms with Crippen molar-refractivity contribution < 1.29 is 0 Å². The van der Waals surface area contributed by atoms with E-state index in [2.05, 4.69) is 50.0 Å². The van der Waals surface area contributed by atoms with Crippen LogP contribution in [0.3, 0.4) is 0 Å². The van der Waals surface area contributed by atoms with Crippen LogP contribution in [0.5, 0.6) is 0 Å². The minimum absolute atomic E-state index is 0.680. The van der Waals surface area contributed by atoms with Crippen molar-refractivity contribution in [2.24, 2.45) is 5.92 Å². The molecule has 0 saturated carbocycles.